The summed E-state index contributed by atoms with van der Waals surface area (Å²) in [5.74, 6) is 1.47. The van der Waals surface area contributed by atoms with E-state index in [0.717, 1.165) is 43.9 Å². The molecule has 2 nitrogen and oxygen atoms in total. The van der Waals surface area contributed by atoms with Crippen molar-refractivity contribution in [2.24, 2.45) is 11.8 Å². The maximum atomic E-state index is 10.4. The van der Waals surface area contributed by atoms with Gasteiger partial charge in [-0.2, -0.15) is 0 Å². The van der Waals surface area contributed by atoms with Crippen molar-refractivity contribution in [3.8, 4) is 0 Å². The number of aliphatic hydroxyl groups is 2. The largest absolute Gasteiger partial charge is 0.392 e. The maximum Gasteiger partial charge on any atom is 0.0619 e. The van der Waals surface area contributed by atoms with Crippen molar-refractivity contribution < 1.29 is 10.2 Å². The summed E-state index contributed by atoms with van der Waals surface area (Å²) in [6, 6.07) is 0. The van der Waals surface area contributed by atoms with Crippen LogP contribution in [0.25, 0.3) is 0 Å². The van der Waals surface area contributed by atoms with Crippen molar-refractivity contribution in [1.82, 2.24) is 0 Å². The third kappa shape index (κ3) is 13.3. The lowest BCUT2D eigenvalue weighted by Gasteiger charge is -2.24. The van der Waals surface area contributed by atoms with E-state index in [4.69, 9.17) is 5.11 Å². The molecule has 2 atom stereocenters. The normalized spacial score (nSPS) is 16.8. The Morgan fingerprint density at radius 1 is 1.00 bits per heavy atom. The second kappa shape index (κ2) is 12.1. The van der Waals surface area contributed by atoms with Crippen molar-refractivity contribution in [3.05, 3.63) is 11.6 Å². The van der Waals surface area contributed by atoms with E-state index in [2.05, 4.69) is 27.7 Å². The average molecular weight is 313 g/mol. The monoisotopic (exact) mass is 312 g/mol. The Labute approximate surface area is 139 Å². The van der Waals surface area contributed by atoms with Crippen LogP contribution in [-0.2, 0) is 0 Å². The molecule has 0 spiro atoms. The van der Waals surface area contributed by atoms with Crippen LogP contribution in [0.4, 0.5) is 0 Å². The van der Waals surface area contributed by atoms with Crippen LogP contribution in [0.15, 0.2) is 11.6 Å². The highest BCUT2D eigenvalue weighted by Gasteiger charge is 2.19. The predicted octanol–water partition coefficient (Wildman–Crippen LogP) is 5.48. The first-order valence-corrected chi connectivity index (χ1v) is 9.25. The minimum absolute atomic E-state index is 0.160. The Morgan fingerprint density at radius 2 is 1.55 bits per heavy atom. The van der Waals surface area contributed by atoms with Gasteiger partial charge in [-0.05, 0) is 51.4 Å². The number of rotatable bonds is 13. The molecule has 0 heterocycles. The molecule has 0 bridgehead atoms. The van der Waals surface area contributed by atoms with Gasteiger partial charge in [0, 0.05) is 0 Å². The Hall–Kier alpha value is -0.340. The fraction of sp³-hybridized carbons (Fsp3) is 0.900. The summed E-state index contributed by atoms with van der Waals surface area (Å²) in [6.07, 6.45) is 12.0. The zero-order valence-corrected chi connectivity index (χ0v) is 15.7. The summed E-state index contributed by atoms with van der Waals surface area (Å²) in [5.41, 5.74) is 0.817. The lowest BCUT2D eigenvalue weighted by Crippen LogP contribution is -2.24. The maximum absolute atomic E-state index is 10.4. The number of allylic oxidation sites excluding steroid dienone is 1. The fourth-order valence-corrected chi connectivity index (χ4v) is 2.98. The summed E-state index contributed by atoms with van der Waals surface area (Å²) in [4.78, 5) is 0. The van der Waals surface area contributed by atoms with Crippen molar-refractivity contribution in [1.29, 1.82) is 0 Å². The topological polar surface area (TPSA) is 40.5 Å². The van der Waals surface area contributed by atoms with Gasteiger partial charge in [0.05, 0.1) is 12.2 Å². The molecule has 0 amide bonds. The Morgan fingerprint density at radius 3 is 2.09 bits per heavy atom. The Bertz CT molecular complexity index is 292. The lowest BCUT2D eigenvalue weighted by molar-refractivity contribution is 0.0351. The zero-order chi connectivity index (χ0) is 17.0. The van der Waals surface area contributed by atoms with Crippen LogP contribution in [0.5, 0.6) is 0 Å². The van der Waals surface area contributed by atoms with Crippen LogP contribution < -0.4 is 0 Å². The van der Waals surface area contributed by atoms with Crippen LogP contribution >= 0.6 is 0 Å². The molecule has 2 N–H and O–H groups in total. The van der Waals surface area contributed by atoms with Crippen LogP contribution in [0.3, 0.4) is 0 Å². The first-order chi connectivity index (χ1) is 10.3. The standard InChI is InChI=1S/C20H40O2/c1-17(2)9-7-14-20(5,22)15-8-12-18(3)10-6-11-19(4)13-16-21/h13,17-18,21-22H,6-12,14-16H2,1-5H3/b19-13+/t18-,20+/m1/s1. The molecule has 0 fully saturated rings. The molecule has 22 heavy (non-hydrogen) atoms. The molecule has 0 aliphatic carbocycles. The van der Waals surface area contributed by atoms with Crippen molar-refractivity contribution in [2.45, 2.75) is 98.0 Å². The molecule has 0 aromatic rings. The zero-order valence-electron chi connectivity index (χ0n) is 15.7. The van der Waals surface area contributed by atoms with E-state index < -0.39 is 5.60 Å². The molecule has 0 aromatic heterocycles. The predicted molar refractivity (Wildman–Crippen MR) is 97.0 cm³/mol. The number of hydrogen-bond acceptors (Lipinski definition) is 2. The summed E-state index contributed by atoms with van der Waals surface area (Å²) in [7, 11) is 0. The van der Waals surface area contributed by atoms with Crippen LogP contribution in [0.2, 0.25) is 0 Å². The minimum Gasteiger partial charge on any atom is -0.392 e. The van der Waals surface area contributed by atoms with Crippen molar-refractivity contribution >= 4 is 0 Å². The Balaban J connectivity index is 3.73. The minimum atomic E-state index is -0.477. The molecule has 0 unspecified atom stereocenters. The van der Waals surface area contributed by atoms with Gasteiger partial charge in [0.1, 0.15) is 0 Å². The second-order valence-electron chi connectivity index (χ2n) is 7.91. The van der Waals surface area contributed by atoms with Crippen molar-refractivity contribution in [2.75, 3.05) is 6.61 Å². The van der Waals surface area contributed by atoms with Crippen molar-refractivity contribution in [3.63, 3.8) is 0 Å². The smallest absolute Gasteiger partial charge is 0.0619 e. The SMILES string of the molecule is C/C(=C\CO)CCC[C@@H](C)CCC[C@@](C)(O)CCCC(C)C. The molecule has 132 valence electrons. The lowest BCUT2D eigenvalue weighted by atomic mass is 9.88. The highest BCUT2D eigenvalue weighted by Crippen LogP contribution is 2.24. The number of hydrogen-bond donors (Lipinski definition) is 2. The van der Waals surface area contributed by atoms with Gasteiger partial charge in [0.25, 0.3) is 0 Å². The van der Waals surface area contributed by atoms with Gasteiger partial charge < -0.3 is 10.2 Å². The molecule has 0 aromatic carbocycles. The highest BCUT2D eigenvalue weighted by atomic mass is 16.3. The molecule has 0 radical (unpaired) electrons. The van der Waals surface area contributed by atoms with E-state index in [1.807, 2.05) is 13.0 Å². The quantitative estimate of drug-likeness (QED) is 0.442. The number of aliphatic hydroxyl groups excluding tert-OH is 1. The first-order valence-electron chi connectivity index (χ1n) is 9.25. The van der Waals surface area contributed by atoms with Crippen LogP contribution in [0.1, 0.15) is 92.4 Å². The van der Waals surface area contributed by atoms with Gasteiger partial charge in [0.15, 0.2) is 0 Å². The molecule has 0 aliphatic rings. The molecule has 0 rings (SSSR count). The van der Waals surface area contributed by atoms with Gasteiger partial charge in [-0.25, -0.2) is 0 Å². The van der Waals surface area contributed by atoms with E-state index in [0.29, 0.717) is 0 Å². The molecule has 0 aliphatic heterocycles. The summed E-state index contributed by atoms with van der Waals surface area (Å²) in [6.45, 7) is 11.1. The summed E-state index contributed by atoms with van der Waals surface area (Å²) in [5, 5.41) is 19.2. The average Bonchev–Trinajstić information content (AvgIpc) is 2.38. The van der Waals surface area contributed by atoms with E-state index in [9.17, 15) is 5.11 Å². The molecular weight excluding hydrogens is 272 g/mol. The summed E-state index contributed by atoms with van der Waals surface area (Å²) < 4.78 is 0. The third-order valence-electron chi connectivity index (χ3n) is 4.62. The first kappa shape index (κ1) is 21.7. The van der Waals surface area contributed by atoms with Gasteiger partial charge >= 0.3 is 0 Å². The fourth-order valence-electron chi connectivity index (χ4n) is 2.98. The molecule has 2 heteroatoms. The summed E-state index contributed by atoms with van der Waals surface area (Å²) >= 11 is 0. The van der Waals surface area contributed by atoms with Crippen LogP contribution in [0, 0.1) is 11.8 Å². The van der Waals surface area contributed by atoms with Gasteiger partial charge in [-0.15, -0.1) is 0 Å². The van der Waals surface area contributed by atoms with E-state index in [-0.39, 0.29) is 6.61 Å². The van der Waals surface area contributed by atoms with Crippen LogP contribution in [-0.4, -0.2) is 22.4 Å². The van der Waals surface area contributed by atoms with E-state index in [1.165, 1.54) is 31.3 Å². The molecular formula is C20H40O2. The van der Waals surface area contributed by atoms with Gasteiger partial charge in [0.2, 0.25) is 0 Å². The molecule has 0 saturated heterocycles. The van der Waals surface area contributed by atoms with E-state index >= 15 is 0 Å². The Kier molecular flexibility index (Phi) is 11.9. The third-order valence-corrected chi connectivity index (χ3v) is 4.62. The second-order valence-corrected chi connectivity index (χ2v) is 7.91. The van der Waals surface area contributed by atoms with E-state index in [1.54, 1.807) is 0 Å². The molecule has 0 saturated carbocycles. The van der Waals surface area contributed by atoms with Gasteiger partial charge in [-0.3, -0.25) is 0 Å². The van der Waals surface area contributed by atoms with Gasteiger partial charge in [-0.1, -0.05) is 64.5 Å². The highest BCUT2D eigenvalue weighted by molar-refractivity contribution is 4.97.